The fourth-order valence-electron chi connectivity index (χ4n) is 15.8. The van der Waals surface area contributed by atoms with Crippen LogP contribution in [0, 0.1) is 0 Å². The lowest BCUT2D eigenvalue weighted by Gasteiger charge is -2.19. The Bertz CT molecular complexity index is 11400. The highest BCUT2D eigenvalue weighted by Crippen LogP contribution is 2.51. The van der Waals surface area contributed by atoms with Crippen molar-refractivity contribution in [2.24, 2.45) is 0 Å². The minimum Gasteiger partial charge on any atom is -0.455 e. The Labute approximate surface area is 697 Å². The van der Waals surface area contributed by atoms with Crippen LogP contribution in [0.4, 0.5) is 0 Å². The minimum atomic E-state index is -1.17. The van der Waals surface area contributed by atoms with Crippen LogP contribution >= 0.6 is 0 Å². The monoisotopic (exact) mass is 1440 g/mol. The zero-order valence-corrected chi connectivity index (χ0v) is 55.7. The van der Waals surface area contributed by atoms with Crippen molar-refractivity contribution >= 4 is 195 Å². The molecule has 2 nitrogen and oxygen atoms in total. The van der Waals surface area contributed by atoms with Crippen LogP contribution in [0.15, 0.2) is 372 Å². The first kappa shape index (κ1) is 30.4. The molecule has 0 fully saturated rings. The Kier molecular flexibility index (Phi) is 6.24. The molecule has 0 atom stereocenters. The van der Waals surface area contributed by atoms with E-state index in [-0.39, 0.29) is 97.7 Å². The van der Waals surface area contributed by atoms with E-state index in [4.69, 9.17) is 40.4 Å². The molecule has 0 unspecified atom stereocenters. The van der Waals surface area contributed by atoms with Crippen LogP contribution in [0.1, 0.15) is 65.8 Å². The number of rotatable bonds is 6. The van der Waals surface area contributed by atoms with Crippen molar-refractivity contribution in [3.63, 3.8) is 0 Å². The van der Waals surface area contributed by atoms with Gasteiger partial charge >= 0.3 is 0 Å². The summed E-state index contributed by atoms with van der Waals surface area (Å²) in [5, 5.41) is -6.30. The van der Waals surface area contributed by atoms with E-state index in [9.17, 15) is 34.3 Å². The van der Waals surface area contributed by atoms with Gasteiger partial charge in [0.25, 0.3) is 0 Å². The maximum atomic E-state index is 10.5. The molecule has 26 rings (SSSR count). The summed E-state index contributed by atoms with van der Waals surface area (Å²) in [6.07, 6.45) is 0. The first-order chi connectivity index (χ1) is 74.6. The largest absolute Gasteiger partial charge is 0.455 e. The van der Waals surface area contributed by atoms with E-state index in [0.29, 0.717) is 27.7 Å². The molecule has 110 heavy (non-hydrogen) atoms. The normalized spacial score (nSPS) is 18.5. The summed E-state index contributed by atoms with van der Waals surface area (Å²) >= 11 is 0. The lowest BCUT2D eigenvalue weighted by molar-refractivity contribution is 0.672. The first-order valence-electron chi connectivity index (χ1n) is 58.3. The van der Waals surface area contributed by atoms with Crippen molar-refractivity contribution in [1.29, 1.82) is 0 Å². The van der Waals surface area contributed by atoms with Gasteiger partial charge in [-0.15, -0.1) is 0 Å². The molecule has 2 heterocycles. The Morgan fingerprint density at radius 1 is 0.173 bits per heavy atom. The van der Waals surface area contributed by atoms with Gasteiger partial charge in [0, 0.05) is 32.3 Å². The van der Waals surface area contributed by atoms with E-state index in [1.807, 2.05) is 42.5 Å². The van der Waals surface area contributed by atoms with Crippen molar-refractivity contribution in [2.75, 3.05) is 0 Å². The summed E-state index contributed by atoms with van der Waals surface area (Å²) in [6, 6.07) is -14.4. The third kappa shape index (κ3) is 8.59. The number of hydrogen-bond acceptors (Lipinski definition) is 2. The molecule has 0 amide bonds. The molecule has 0 saturated heterocycles. The predicted octanol–water partition coefficient (Wildman–Crippen LogP) is 31.1. The van der Waals surface area contributed by atoms with Crippen molar-refractivity contribution < 1.29 is 74.6 Å². The van der Waals surface area contributed by atoms with E-state index < -0.39 is 410 Å². The molecule has 2 heteroatoms. The van der Waals surface area contributed by atoms with E-state index in [1.54, 1.807) is 24.3 Å². The van der Waals surface area contributed by atoms with Crippen LogP contribution in [0.5, 0.6) is 0 Å². The van der Waals surface area contributed by atoms with Gasteiger partial charge in [0.1, 0.15) is 22.3 Å². The van der Waals surface area contributed by atoms with Gasteiger partial charge < -0.3 is 8.83 Å². The lowest BCUT2D eigenvalue weighted by atomic mass is 9.84. The van der Waals surface area contributed by atoms with Crippen LogP contribution in [0.2, 0.25) is 0 Å². The molecule has 2 aromatic heterocycles. The summed E-state index contributed by atoms with van der Waals surface area (Å²) < 4.78 is 456. The van der Waals surface area contributed by atoms with Gasteiger partial charge in [-0.25, -0.2) is 0 Å². The second-order valence-electron chi connectivity index (χ2n) is 26.5. The molecule has 0 spiro atoms. The van der Waals surface area contributed by atoms with Crippen molar-refractivity contribution in [3.8, 4) is 66.8 Å². The molecule has 0 radical (unpaired) electrons. The molecule has 24 aromatic carbocycles. The Morgan fingerprint density at radius 2 is 0.582 bits per heavy atom. The van der Waals surface area contributed by atoms with Gasteiger partial charge in [0.15, 0.2) is 0 Å². The number of hydrogen-bond donors (Lipinski definition) is 0. The molecule has 0 N–H and O–H groups in total. The molecular formula is C108H60O2. The second kappa shape index (κ2) is 22.6. The number of fused-ring (bicyclic) bond motifs is 10. The molecular weight excluding hydrogens is 1330 g/mol. The summed E-state index contributed by atoms with van der Waals surface area (Å²) in [4.78, 5) is 0. The van der Waals surface area contributed by atoms with E-state index in [0.717, 1.165) is 16.2 Å². The Balaban J connectivity index is 0.000000163. The molecule has 26 aromatic rings. The topological polar surface area (TPSA) is 26.3 Å². The second-order valence-corrected chi connectivity index (χ2v) is 26.5. The maximum Gasteiger partial charge on any atom is 0.143 e. The molecule has 0 aliphatic carbocycles. The summed E-state index contributed by atoms with van der Waals surface area (Å²) in [6.45, 7) is 0. The smallest absolute Gasteiger partial charge is 0.143 e. The summed E-state index contributed by atoms with van der Waals surface area (Å²) in [5.74, 6) is 0. The molecule has 0 aliphatic rings. The zero-order chi connectivity index (χ0) is 113. The first-order valence-corrected chi connectivity index (χ1v) is 34.3. The highest BCUT2D eigenvalue weighted by molar-refractivity contribution is 6.31. The molecule has 504 valence electrons. The minimum absolute atomic E-state index is 0.0228. The molecule has 0 aliphatic heterocycles. The summed E-state index contributed by atoms with van der Waals surface area (Å²) in [7, 11) is 0. The fourth-order valence-corrected chi connectivity index (χ4v) is 15.8. The third-order valence-corrected chi connectivity index (χ3v) is 20.7. The Hall–Kier alpha value is -14.4. The van der Waals surface area contributed by atoms with Crippen LogP contribution in [0.3, 0.4) is 0 Å². The number of furan rings is 2. The van der Waals surface area contributed by atoms with Gasteiger partial charge in [-0.1, -0.05) is 314 Å². The fraction of sp³-hybridized carbons (Fsp3) is 0. The van der Waals surface area contributed by atoms with Gasteiger partial charge in [0.05, 0.1) is 65.8 Å². The van der Waals surface area contributed by atoms with Gasteiger partial charge in [-0.3, -0.25) is 0 Å². The van der Waals surface area contributed by atoms with Crippen molar-refractivity contribution in [1.82, 2.24) is 0 Å². The standard InChI is InChI=1S/2C54H30O/c2*1-2-10-42-31(5-1)15-27-46-48-30-39(21-28-49(48)55-54(42)46)41-23-20-38(40-22-16-36-13-11-32-6-3-8-34-18-25-44(40)52(36)50(32)34)29-47(41)43-24-17-37-14-12-33-7-4-9-35-19-26-45(43)53(37)51(33)35/h2*1-30H/i1D,2D,3D,4D,5D,6D,7D,8D,9D,10D,11D,12D,13D,14D,15D,16D,17D,18D,19D,20D,21D,22D,23D,24D,25D,26D,27D,28D,29D,30D;3D,4D,6D,7D,8D,9D,11D,12D,13D,14D,16D,17D,18D,19D,22D,24D,25D,26D. The highest BCUT2D eigenvalue weighted by Gasteiger charge is 2.24. The SMILES string of the molecule is [2H]c1c([2H])c(-c2c([2H])c([2H])c3oc4c5c([2H])c([2H])c([2H])c([2H])c5c([2H])c([2H])c4c3c2[2H])c(-c2c([2H])c([2H])c3c([2H])c([2H])c4c([2H])c([2H])c([2H])c5c([2H])c([2H])c2c3c45)c([2H])c1-c1c([2H])c([2H])c2c([2H])c([2H])c3c([2H])c([2H])c([2H])c4c([2H])c([2H])c1c2c34.[2H]c1c([2H])c2c([2H])c([2H])c3c([2H])c([2H])c(-c4ccc(-c5ccc6oc7c8ccccc8ccc7c6c5)c(-c5c([2H])c([2H])c6c([2H])c([2H])c7c([2H])c([2H])c([2H])c8c([2H])c([2H])c5c6c78)c4)c4c([2H])c([2H])c(c1[2H])c2c34. The van der Waals surface area contributed by atoms with Crippen LogP contribution < -0.4 is 0 Å². The van der Waals surface area contributed by atoms with Gasteiger partial charge in [-0.05, 0) is 255 Å². The van der Waals surface area contributed by atoms with Gasteiger partial charge in [0.2, 0.25) is 0 Å². The Morgan fingerprint density at radius 3 is 1.16 bits per heavy atom. The van der Waals surface area contributed by atoms with Crippen molar-refractivity contribution in [2.45, 2.75) is 0 Å². The lowest BCUT2D eigenvalue weighted by Crippen LogP contribution is -1.92. The average molecular weight is 1440 g/mol. The summed E-state index contributed by atoms with van der Waals surface area (Å²) in [5.41, 5.74) is -4.35. The van der Waals surface area contributed by atoms with E-state index >= 15 is 0 Å². The van der Waals surface area contributed by atoms with Crippen LogP contribution in [0.25, 0.3) is 261 Å². The number of benzene rings is 24. The van der Waals surface area contributed by atoms with Gasteiger partial charge in [-0.2, -0.15) is 0 Å². The predicted molar refractivity (Wildman–Crippen MR) is 470 cm³/mol. The van der Waals surface area contributed by atoms with Crippen molar-refractivity contribution in [3.05, 3.63) is 363 Å². The van der Waals surface area contributed by atoms with Crippen LogP contribution in [-0.2, 0) is 0 Å². The molecule has 0 bridgehead atoms. The average Bonchev–Trinajstić information content (AvgIpc) is 1.34. The maximum absolute atomic E-state index is 10.5. The highest BCUT2D eigenvalue weighted by atomic mass is 16.3. The van der Waals surface area contributed by atoms with E-state index in [1.165, 1.54) is 6.07 Å². The van der Waals surface area contributed by atoms with Crippen LogP contribution in [-0.4, -0.2) is 0 Å². The third-order valence-electron chi connectivity index (χ3n) is 20.7. The molecule has 0 saturated carbocycles. The zero-order valence-electron chi connectivity index (χ0n) is 104. The quantitative estimate of drug-likeness (QED) is 0.155. The van der Waals surface area contributed by atoms with E-state index in [2.05, 4.69) is 0 Å².